The molecule has 1 aromatic rings. The van der Waals surface area contributed by atoms with E-state index >= 15 is 0 Å². The largest absolute Gasteiger partial charge is 0.330 e. The second-order valence-electron chi connectivity index (χ2n) is 6.31. The highest BCUT2D eigenvalue weighted by atomic mass is 32.2. The van der Waals surface area contributed by atoms with Crippen LogP contribution >= 0.6 is 0 Å². The van der Waals surface area contributed by atoms with E-state index in [1.807, 2.05) is 12.1 Å². The van der Waals surface area contributed by atoms with Crippen molar-refractivity contribution < 1.29 is 8.42 Å². The first-order chi connectivity index (χ1) is 9.58. The van der Waals surface area contributed by atoms with Crippen LogP contribution in [0.4, 0.5) is 0 Å². The van der Waals surface area contributed by atoms with Crippen LogP contribution in [-0.4, -0.2) is 20.2 Å². The van der Waals surface area contributed by atoms with Gasteiger partial charge < -0.3 is 5.73 Å². The molecule has 0 bridgehead atoms. The lowest BCUT2D eigenvalue weighted by molar-refractivity contribution is 0.300. The summed E-state index contributed by atoms with van der Waals surface area (Å²) in [7, 11) is -3.07. The van der Waals surface area contributed by atoms with Gasteiger partial charge in [0.05, 0.1) is 10.1 Å². The second-order valence-corrected chi connectivity index (χ2v) is 8.54. The van der Waals surface area contributed by atoms with Gasteiger partial charge in [-0.05, 0) is 43.4 Å². The summed E-state index contributed by atoms with van der Waals surface area (Å²) < 4.78 is 24.4. The second kappa shape index (κ2) is 5.15. The van der Waals surface area contributed by atoms with Crippen LogP contribution in [0.1, 0.15) is 50.5 Å². The summed E-state index contributed by atoms with van der Waals surface area (Å²) in [6.07, 6.45) is 7.61. The summed E-state index contributed by atoms with van der Waals surface area (Å²) >= 11 is 0. The third-order valence-corrected chi connectivity index (χ3v) is 7.24. The Morgan fingerprint density at radius 3 is 2.15 bits per heavy atom. The van der Waals surface area contributed by atoms with Crippen molar-refractivity contribution in [2.24, 2.45) is 5.73 Å². The Hall–Kier alpha value is -0.870. The Bertz CT molecular complexity index is 567. The van der Waals surface area contributed by atoms with Gasteiger partial charge in [0.25, 0.3) is 0 Å². The molecule has 0 amide bonds. The fraction of sp³-hybridized carbons (Fsp3) is 0.625. The molecule has 4 heteroatoms. The maximum Gasteiger partial charge on any atom is 0.181 e. The van der Waals surface area contributed by atoms with E-state index in [0.29, 0.717) is 11.4 Å². The minimum atomic E-state index is -3.07. The van der Waals surface area contributed by atoms with Crippen LogP contribution in [-0.2, 0) is 15.3 Å². The van der Waals surface area contributed by atoms with Crippen molar-refractivity contribution in [1.82, 2.24) is 0 Å². The number of sulfone groups is 1. The molecule has 0 saturated heterocycles. The number of hydrogen-bond acceptors (Lipinski definition) is 3. The molecule has 2 N–H and O–H groups in total. The van der Waals surface area contributed by atoms with Gasteiger partial charge in [0, 0.05) is 12.0 Å². The smallest absolute Gasteiger partial charge is 0.181 e. The average molecular weight is 293 g/mol. The number of benzene rings is 1. The summed E-state index contributed by atoms with van der Waals surface area (Å²) in [5.74, 6) is 0. The lowest BCUT2D eigenvalue weighted by atomic mass is 9.69. The van der Waals surface area contributed by atoms with E-state index in [2.05, 4.69) is 0 Å². The van der Waals surface area contributed by atoms with Crippen molar-refractivity contribution in [3.05, 3.63) is 29.8 Å². The molecule has 3 nitrogen and oxygen atoms in total. The highest BCUT2D eigenvalue weighted by Gasteiger charge is 2.37. The average Bonchev–Trinajstić information content (AvgIpc) is 3.33. The van der Waals surface area contributed by atoms with E-state index in [-0.39, 0.29) is 10.7 Å². The summed E-state index contributed by atoms with van der Waals surface area (Å²) in [6, 6.07) is 7.56. The first-order valence-corrected chi connectivity index (χ1v) is 9.18. The minimum Gasteiger partial charge on any atom is -0.330 e. The molecule has 2 fully saturated rings. The molecule has 0 radical (unpaired) electrons. The molecular weight excluding hydrogens is 270 g/mol. The minimum absolute atomic E-state index is 0.0696. The van der Waals surface area contributed by atoms with Gasteiger partial charge in [-0.3, -0.25) is 0 Å². The molecule has 2 aliphatic rings. The topological polar surface area (TPSA) is 60.2 Å². The Morgan fingerprint density at radius 1 is 1.05 bits per heavy atom. The SMILES string of the molecule is NCC1(c2ccc(S(=O)(=O)C3CC3)cc2)CCCCC1. The van der Waals surface area contributed by atoms with Gasteiger partial charge in [-0.2, -0.15) is 0 Å². The first kappa shape index (κ1) is 14.1. The van der Waals surface area contributed by atoms with E-state index in [4.69, 9.17) is 5.73 Å². The van der Waals surface area contributed by atoms with E-state index in [9.17, 15) is 8.42 Å². The van der Waals surface area contributed by atoms with E-state index in [1.54, 1.807) is 12.1 Å². The van der Waals surface area contributed by atoms with Gasteiger partial charge in [-0.25, -0.2) is 8.42 Å². The fourth-order valence-corrected chi connectivity index (χ4v) is 5.07. The van der Waals surface area contributed by atoms with Gasteiger partial charge in [-0.15, -0.1) is 0 Å². The molecule has 0 atom stereocenters. The summed E-state index contributed by atoms with van der Waals surface area (Å²) in [4.78, 5) is 0.478. The highest BCUT2D eigenvalue weighted by molar-refractivity contribution is 7.92. The van der Waals surface area contributed by atoms with E-state index in [0.717, 1.165) is 25.7 Å². The Balaban J connectivity index is 1.88. The molecular formula is C16H23NO2S. The van der Waals surface area contributed by atoms with E-state index < -0.39 is 9.84 Å². The number of rotatable bonds is 4. The summed E-state index contributed by atoms with van der Waals surface area (Å²) in [5, 5.41) is -0.133. The zero-order valence-corrected chi connectivity index (χ0v) is 12.7. The van der Waals surface area contributed by atoms with Crippen molar-refractivity contribution in [3.8, 4) is 0 Å². The van der Waals surface area contributed by atoms with Crippen LogP contribution in [0.15, 0.2) is 29.2 Å². The van der Waals surface area contributed by atoms with Crippen LogP contribution in [0.25, 0.3) is 0 Å². The maximum absolute atomic E-state index is 12.2. The highest BCUT2D eigenvalue weighted by Crippen LogP contribution is 2.39. The molecule has 0 aliphatic heterocycles. The van der Waals surface area contributed by atoms with Gasteiger partial charge >= 0.3 is 0 Å². The van der Waals surface area contributed by atoms with Crippen LogP contribution in [0.2, 0.25) is 0 Å². The van der Waals surface area contributed by atoms with E-state index in [1.165, 1.54) is 24.8 Å². The predicted molar refractivity (Wildman–Crippen MR) is 80.5 cm³/mol. The summed E-state index contributed by atoms with van der Waals surface area (Å²) in [5.41, 5.74) is 7.32. The monoisotopic (exact) mass is 293 g/mol. The molecule has 2 aliphatic carbocycles. The van der Waals surface area contributed by atoms with Crippen LogP contribution in [0.3, 0.4) is 0 Å². The lowest BCUT2D eigenvalue weighted by Crippen LogP contribution is -2.37. The van der Waals surface area contributed by atoms with Crippen molar-refractivity contribution in [1.29, 1.82) is 0 Å². The van der Waals surface area contributed by atoms with Gasteiger partial charge in [0.1, 0.15) is 0 Å². The molecule has 2 saturated carbocycles. The maximum atomic E-state index is 12.2. The Morgan fingerprint density at radius 2 is 1.65 bits per heavy atom. The van der Waals surface area contributed by atoms with Crippen LogP contribution in [0.5, 0.6) is 0 Å². The zero-order valence-electron chi connectivity index (χ0n) is 11.8. The lowest BCUT2D eigenvalue weighted by Gasteiger charge is -2.37. The standard InChI is InChI=1S/C16H23NO2S/c17-12-16(10-2-1-3-11-16)13-4-6-14(7-5-13)20(18,19)15-8-9-15/h4-7,15H,1-3,8-12,17H2. The molecule has 0 aromatic heterocycles. The normalized spacial score (nSPS) is 22.6. The third-order valence-electron chi connectivity index (χ3n) is 4.96. The predicted octanol–water partition coefficient (Wildman–Crippen LogP) is 2.78. The zero-order chi connectivity index (χ0) is 14.2. The van der Waals surface area contributed by atoms with Crippen molar-refractivity contribution in [3.63, 3.8) is 0 Å². The molecule has 0 spiro atoms. The molecule has 110 valence electrons. The van der Waals surface area contributed by atoms with Crippen molar-refractivity contribution in [2.45, 2.75) is 60.5 Å². The van der Waals surface area contributed by atoms with Gasteiger partial charge in [-0.1, -0.05) is 31.4 Å². The first-order valence-electron chi connectivity index (χ1n) is 7.63. The third kappa shape index (κ3) is 2.40. The molecule has 20 heavy (non-hydrogen) atoms. The Kier molecular flexibility index (Phi) is 3.63. The van der Waals surface area contributed by atoms with Gasteiger partial charge in [0.2, 0.25) is 0 Å². The summed E-state index contributed by atoms with van der Waals surface area (Å²) in [6.45, 7) is 0.654. The fourth-order valence-electron chi connectivity index (χ4n) is 3.41. The van der Waals surface area contributed by atoms with Crippen LogP contribution in [0, 0.1) is 0 Å². The quantitative estimate of drug-likeness (QED) is 0.928. The molecule has 0 heterocycles. The van der Waals surface area contributed by atoms with Crippen LogP contribution < -0.4 is 5.73 Å². The Labute approximate surface area is 121 Å². The van der Waals surface area contributed by atoms with Gasteiger partial charge in [0.15, 0.2) is 9.84 Å². The number of nitrogens with two attached hydrogens (primary N) is 1. The molecule has 1 aromatic carbocycles. The van der Waals surface area contributed by atoms with Crippen molar-refractivity contribution in [2.75, 3.05) is 6.54 Å². The van der Waals surface area contributed by atoms with Crippen molar-refractivity contribution >= 4 is 9.84 Å². The molecule has 0 unspecified atom stereocenters. The number of hydrogen-bond donors (Lipinski definition) is 1. The molecule has 3 rings (SSSR count).